The van der Waals surface area contributed by atoms with Crippen LogP contribution in [-0.4, -0.2) is 29.6 Å². The number of hydrogen-bond donors (Lipinski definition) is 2. The fourth-order valence-electron chi connectivity index (χ4n) is 1.56. The summed E-state index contributed by atoms with van der Waals surface area (Å²) in [4.78, 5) is 34.4. The van der Waals surface area contributed by atoms with Gasteiger partial charge in [-0.05, 0) is 52.0 Å². The van der Waals surface area contributed by atoms with Gasteiger partial charge in [-0.25, -0.2) is 9.59 Å². The molecule has 2 N–H and O–H groups in total. The molecule has 7 heteroatoms. The van der Waals surface area contributed by atoms with Gasteiger partial charge in [-0.15, -0.1) is 0 Å². The fraction of sp³-hybridized carbons (Fsp3) is 0.438. The van der Waals surface area contributed by atoms with Crippen LogP contribution in [0.4, 0.5) is 10.5 Å². The average Bonchev–Trinajstić information content (AvgIpc) is 2.37. The summed E-state index contributed by atoms with van der Waals surface area (Å²) in [7, 11) is 0. The normalized spacial score (nSPS) is 12.0. The van der Waals surface area contributed by atoms with Gasteiger partial charge in [-0.2, -0.15) is 0 Å². The number of rotatable bonds is 4. The molecule has 0 spiro atoms. The molecule has 0 saturated carbocycles. The number of hydrogen-bond acceptors (Lipinski definition) is 5. The van der Waals surface area contributed by atoms with E-state index in [0.717, 1.165) is 0 Å². The Morgan fingerprint density at radius 2 is 1.65 bits per heavy atom. The third-order valence-corrected chi connectivity index (χ3v) is 2.48. The van der Waals surface area contributed by atoms with E-state index in [1.54, 1.807) is 45.0 Å². The molecule has 0 aliphatic carbocycles. The maximum atomic E-state index is 11.9. The smallest absolute Gasteiger partial charge is 0.408 e. The van der Waals surface area contributed by atoms with Crippen molar-refractivity contribution in [3.63, 3.8) is 0 Å². The van der Waals surface area contributed by atoms with Gasteiger partial charge in [-0.3, -0.25) is 4.79 Å². The largest absolute Gasteiger partial charge is 0.444 e. The van der Waals surface area contributed by atoms with E-state index >= 15 is 0 Å². The molecule has 0 saturated heterocycles. The summed E-state index contributed by atoms with van der Waals surface area (Å²) in [6.07, 6.45) is -0.692. The quantitative estimate of drug-likeness (QED) is 0.656. The average molecular weight is 322 g/mol. The molecule has 23 heavy (non-hydrogen) atoms. The second-order valence-electron chi connectivity index (χ2n) is 5.99. The second kappa shape index (κ2) is 7.62. The highest BCUT2D eigenvalue weighted by atomic mass is 16.6. The number of carbonyl (C=O) groups excluding carboxylic acids is 3. The van der Waals surface area contributed by atoms with E-state index in [9.17, 15) is 14.4 Å². The summed E-state index contributed by atoms with van der Waals surface area (Å²) in [5.41, 5.74) is -0.0509. The van der Waals surface area contributed by atoms with Crippen molar-refractivity contribution >= 4 is 23.7 Å². The molecule has 0 aliphatic rings. The van der Waals surface area contributed by atoms with Crippen LogP contribution in [0.1, 0.15) is 34.6 Å². The monoisotopic (exact) mass is 322 g/mol. The third kappa shape index (κ3) is 7.30. The Morgan fingerprint density at radius 1 is 1.09 bits per heavy atom. The van der Waals surface area contributed by atoms with Crippen LogP contribution in [0.2, 0.25) is 0 Å². The minimum atomic E-state index is -0.861. The number of anilines is 1. The molecule has 2 amide bonds. The maximum absolute atomic E-state index is 11.9. The number of nitrogens with one attached hydrogen (secondary N) is 2. The van der Waals surface area contributed by atoms with Crippen LogP contribution in [0.15, 0.2) is 24.3 Å². The predicted octanol–water partition coefficient (Wildman–Crippen LogP) is 2.46. The van der Waals surface area contributed by atoms with Gasteiger partial charge in [0.1, 0.15) is 17.4 Å². The fourth-order valence-corrected chi connectivity index (χ4v) is 1.56. The zero-order valence-electron chi connectivity index (χ0n) is 13.9. The standard InChI is InChI=1S/C16H22N2O5/c1-10(17-15(21)23-16(3,4)5)14(20)22-13-8-6-12(7-9-13)18-11(2)19/h6-10H,1-5H3,(H,17,21)(H,18,19)/t10-/m0/s1. The first-order valence-electron chi connectivity index (χ1n) is 7.15. The molecule has 1 aromatic rings. The Bertz CT molecular complexity index is 575. The van der Waals surface area contributed by atoms with E-state index in [-0.39, 0.29) is 5.91 Å². The highest BCUT2D eigenvalue weighted by molar-refractivity contribution is 5.88. The summed E-state index contributed by atoms with van der Waals surface area (Å²) in [5.74, 6) is -0.505. The number of amides is 2. The lowest BCUT2D eigenvalue weighted by molar-refractivity contribution is -0.136. The molecule has 0 aliphatic heterocycles. The first kappa shape index (κ1) is 18.5. The molecule has 1 aromatic carbocycles. The van der Waals surface area contributed by atoms with Crippen LogP contribution in [0.5, 0.6) is 5.75 Å². The van der Waals surface area contributed by atoms with Crippen molar-refractivity contribution < 1.29 is 23.9 Å². The Labute approximate surface area is 135 Å². The summed E-state index contributed by atoms with van der Waals surface area (Å²) in [6, 6.07) is 5.44. The lowest BCUT2D eigenvalue weighted by atomic mass is 10.2. The molecule has 126 valence electrons. The van der Waals surface area contributed by atoms with E-state index in [1.165, 1.54) is 13.8 Å². The maximum Gasteiger partial charge on any atom is 0.408 e. The highest BCUT2D eigenvalue weighted by Gasteiger charge is 2.22. The van der Waals surface area contributed by atoms with Gasteiger partial charge in [0.2, 0.25) is 5.91 Å². The first-order valence-corrected chi connectivity index (χ1v) is 7.15. The van der Waals surface area contributed by atoms with Gasteiger partial charge >= 0.3 is 12.1 Å². The molecule has 0 bridgehead atoms. The molecular formula is C16H22N2O5. The highest BCUT2D eigenvalue weighted by Crippen LogP contribution is 2.16. The van der Waals surface area contributed by atoms with Gasteiger partial charge < -0.3 is 20.1 Å². The molecule has 7 nitrogen and oxygen atoms in total. The summed E-state index contributed by atoms with van der Waals surface area (Å²) in [5, 5.41) is 5.00. The van der Waals surface area contributed by atoms with Crippen molar-refractivity contribution in [1.29, 1.82) is 0 Å². The molecule has 0 radical (unpaired) electrons. The minimum Gasteiger partial charge on any atom is -0.444 e. The summed E-state index contributed by atoms with van der Waals surface area (Å²) < 4.78 is 10.2. The second-order valence-corrected chi connectivity index (χ2v) is 5.99. The molecule has 1 atom stereocenters. The number of alkyl carbamates (subject to hydrolysis) is 1. The van der Waals surface area contributed by atoms with E-state index in [0.29, 0.717) is 11.4 Å². The molecule has 1 rings (SSSR count). The number of ether oxygens (including phenoxy) is 2. The lowest BCUT2D eigenvalue weighted by Gasteiger charge is -2.21. The number of carbonyl (C=O) groups is 3. The van der Waals surface area contributed by atoms with Gasteiger partial charge in [0.25, 0.3) is 0 Å². The van der Waals surface area contributed by atoms with Gasteiger partial charge in [-0.1, -0.05) is 0 Å². The van der Waals surface area contributed by atoms with Crippen LogP contribution in [0.3, 0.4) is 0 Å². The van der Waals surface area contributed by atoms with Crippen molar-refractivity contribution in [3.05, 3.63) is 24.3 Å². The van der Waals surface area contributed by atoms with Gasteiger partial charge in [0.05, 0.1) is 0 Å². The lowest BCUT2D eigenvalue weighted by Crippen LogP contribution is -2.43. The van der Waals surface area contributed by atoms with Crippen LogP contribution >= 0.6 is 0 Å². The number of benzene rings is 1. The van der Waals surface area contributed by atoms with Crippen molar-refractivity contribution in [2.75, 3.05) is 5.32 Å². The van der Waals surface area contributed by atoms with E-state index < -0.39 is 23.7 Å². The Hall–Kier alpha value is -2.57. The van der Waals surface area contributed by atoms with Crippen molar-refractivity contribution in [2.45, 2.75) is 46.3 Å². The van der Waals surface area contributed by atoms with E-state index in [2.05, 4.69) is 10.6 Å². The zero-order valence-corrected chi connectivity index (χ0v) is 13.9. The Balaban J connectivity index is 2.54. The minimum absolute atomic E-state index is 0.190. The summed E-state index contributed by atoms with van der Waals surface area (Å²) >= 11 is 0. The SMILES string of the molecule is CC(=O)Nc1ccc(OC(=O)[C@H](C)NC(=O)OC(C)(C)C)cc1. The predicted molar refractivity (Wildman–Crippen MR) is 85.2 cm³/mol. The van der Waals surface area contributed by atoms with Crippen LogP contribution < -0.4 is 15.4 Å². The van der Waals surface area contributed by atoms with E-state index in [4.69, 9.17) is 9.47 Å². The molecule has 0 unspecified atom stereocenters. The molecular weight excluding hydrogens is 300 g/mol. The van der Waals surface area contributed by atoms with Crippen molar-refractivity contribution in [2.24, 2.45) is 0 Å². The van der Waals surface area contributed by atoms with Crippen LogP contribution in [-0.2, 0) is 14.3 Å². The third-order valence-electron chi connectivity index (χ3n) is 2.48. The number of esters is 1. The zero-order chi connectivity index (χ0) is 17.6. The Morgan fingerprint density at radius 3 is 2.13 bits per heavy atom. The first-order chi connectivity index (χ1) is 10.6. The topological polar surface area (TPSA) is 93.7 Å². The molecule has 0 heterocycles. The van der Waals surface area contributed by atoms with Crippen LogP contribution in [0.25, 0.3) is 0 Å². The molecule has 0 fully saturated rings. The van der Waals surface area contributed by atoms with Crippen molar-refractivity contribution in [1.82, 2.24) is 5.32 Å². The van der Waals surface area contributed by atoms with Crippen LogP contribution in [0, 0.1) is 0 Å². The van der Waals surface area contributed by atoms with E-state index in [1.807, 2.05) is 0 Å². The van der Waals surface area contributed by atoms with Gasteiger partial charge in [0.15, 0.2) is 0 Å². The van der Waals surface area contributed by atoms with Crippen molar-refractivity contribution in [3.8, 4) is 5.75 Å². The molecule has 0 aromatic heterocycles. The summed E-state index contributed by atoms with van der Waals surface area (Å²) in [6.45, 7) is 8.08. The Kier molecular flexibility index (Phi) is 6.12. The van der Waals surface area contributed by atoms with Gasteiger partial charge in [0, 0.05) is 12.6 Å².